The maximum absolute atomic E-state index is 12.0. The molecule has 7 nitrogen and oxygen atoms in total. The molecule has 7 heteroatoms. The van der Waals surface area contributed by atoms with Crippen LogP contribution in [0.3, 0.4) is 0 Å². The summed E-state index contributed by atoms with van der Waals surface area (Å²) >= 11 is 0. The normalized spacial score (nSPS) is 14.5. The van der Waals surface area contributed by atoms with E-state index in [1.165, 1.54) is 0 Å². The number of carboxylic acid groups (broad SMARTS) is 1. The highest BCUT2D eigenvalue weighted by atomic mass is 17.1. The van der Waals surface area contributed by atoms with Crippen LogP contribution in [0.15, 0.2) is 48.6 Å². The second-order valence-electron chi connectivity index (χ2n) is 9.44. The fourth-order valence-electron chi connectivity index (χ4n) is 3.25. The molecule has 0 bridgehead atoms. The fraction of sp³-hybridized carbons (Fsp3) is 0.630. The number of quaternary nitrogens is 1. The first-order valence-corrected chi connectivity index (χ1v) is 12.3. The monoisotopic (exact) mass is 480 g/mol. The quantitative estimate of drug-likeness (QED) is 0.0442. The zero-order valence-corrected chi connectivity index (χ0v) is 21.5. The van der Waals surface area contributed by atoms with Crippen LogP contribution in [0.5, 0.6) is 0 Å². The molecule has 0 aromatic heterocycles. The Bertz CT molecular complexity index is 661. The highest BCUT2D eigenvalue weighted by molar-refractivity contribution is 5.71. The zero-order valence-electron chi connectivity index (χ0n) is 21.5. The zero-order chi connectivity index (χ0) is 25.7. The van der Waals surface area contributed by atoms with Crippen molar-refractivity contribution in [3.63, 3.8) is 0 Å². The third-order valence-corrected chi connectivity index (χ3v) is 4.88. The van der Waals surface area contributed by atoms with Gasteiger partial charge in [0.2, 0.25) is 0 Å². The van der Waals surface area contributed by atoms with Crippen LogP contribution in [0.2, 0.25) is 0 Å². The summed E-state index contributed by atoms with van der Waals surface area (Å²) in [7, 11) is 5.82. The van der Waals surface area contributed by atoms with E-state index in [9.17, 15) is 9.59 Å². The minimum absolute atomic E-state index is 0.171. The molecule has 0 heterocycles. The van der Waals surface area contributed by atoms with Crippen molar-refractivity contribution in [2.75, 3.05) is 27.7 Å². The van der Waals surface area contributed by atoms with Gasteiger partial charge >= 0.3 is 11.9 Å². The Morgan fingerprint density at radius 2 is 1.62 bits per heavy atom. The summed E-state index contributed by atoms with van der Waals surface area (Å²) in [5.41, 5.74) is 0. The summed E-state index contributed by atoms with van der Waals surface area (Å²) in [6.45, 7) is 2.61. The molecule has 0 aliphatic carbocycles. The van der Waals surface area contributed by atoms with Crippen LogP contribution in [0, 0.1) is 0 Å². The van der Waals surface area contributed by atoms with E-state index in [1.54, 1.807) is 0 Å². The molecule has 0 spiro atoms. The second kappa shape index (κ2) is 20.2. The molecule has 0 aliphatic rings. The van der Waals surface area contributed by atoms with E-state index in [1.807, 2.05) is 51.5 Å². The maximum Gasteiger partial charge on any atom is 0.307 e. The molecule has 0 radical (unpaired) electrons. The SMILES string of the molecule is CCCCCC(/C=C/C=C/C/C=C/C/C=C/CCCC(=O)OC(CC(=O)O)C[N+](C)(C)C)OO. The number of carboxylic acids is 1. The minimum atomic E-state index is -0.961. The third kappa shape index (κ3) is 21.6. The Labute approximate surface area is 206 Å². The molecule has 0 amide bonds. The van der Waals surface area contributed by atoms with E-state index in [4.69, 9.17) is 15.1 Å². The van der Waals surface area contributed by atoms with E-state index in [2.05, 4.69) is 30.0 Å². The Morgan fingerprint density at radius 3 is 2.24 bits per heavy atom. The number of esters is 1. The first-order valence-electron chi connectivity index (χ1n) is 12.3. The lowest BCUT2D eigenvalue weighted by Gasteiger charge is -2.28. The molecule has 0 aliphatic heterocycles. The summed E-state index contributed by atoms with van der Waals surface area (Å²) in [4.78, 5) is 27.5. The number of hydrogen-bond acceptors (Lipinski definition) is 5. The number of likely N-dealkylation sites (N-methyl/N-ethyl adjacent to an activating group) is 1. The Balaban J connectivity index is 4.00. The van der Waals surface area contributed by atoms with Crippen LogP contribution in [-0.2, 0) is 19.2 Å². The largest absolute Gasteiger partial charge is 0.481 e. The van der Waals surface area contributed by atoms with Crippen molar-refractivity contribution in [1.82, 2.24) is 0 Å². The summed E-state index contributed by atoms with van der Waals surface area (Å²) in [6.07, 6.45) is 22.6. The molecular weight excluding hydrogens is 434 g/mol. The average molecular weight is 481 g/mol. The highest BCUT2D eigenvalue weighted by Crippen LogP contribution is 2.09. The molecular formula is C27H46NO6+. The van der Waals surface area contributed by atoms with Crippen molar-refractivity contribution in [2.45, 2.75) is 83.3 Å². The number of unbranched alkanes of at least 4 members (excludes halogenated alkanes) is 3. The lowest BCUT2D eigenvalue weighted by Crippen LogP contribution is -2.43. The van der Waals surface area contributed by atoms with Crippen LogP contribution < -0.4 is 0 Å². The number of rotatable bonds is 20. The Morgan fingerprint density at radius 1 is 0.941 bits per heavy atom. The van der Waals surface area contributed by atoms with Crippen LogP contribution in [0.4, 0.5) is 0 Å². The number of ether oxygens (including phenoxy) is 1. The lowest BCUT2D eigenvalue weighted by atomic mass is 10.1. The third-order valence-electron chi connectivity index (χ3n) is 4.88. The van der Waals surface area contributed by atoms with Gasteiger partial charge in [-0.2, -0.15) is 0 Å². The molecule has 0 saturated carbocycles. The summed E-state index contributed by atoms with van der Waals surface area (Å²) < 4.78 is 5.91. The summed E-state index contributed by atoms with van der Waals surface area (Å²) in [6, 6.07) is 0. The van der Waals surface area contributed by atoms with Gasteiger partial charge in [0.25, 0.3) is 0 Å². The van der Waals surface area contributed by atoms with E-state index >= 15 is 0 Å². The molecule has 34 heavy (non-hydrogen) atoms. The summed E-state index contributed by atoms with van der Waals surface area (Å²) in [5, 5.41) is 17.9. The minimum Gasteiger partial charge on any atom is -0.481 e. The van der Waals surface area contributed by atoms with Gasteiger partial charge in [-0.15, -0.1) is 0 Å². The smallest absolute Gasteiger partial charge is 0.307 e. The first-order chi connectivity index (χ1) is 16.2. The lowest BCUT2D eigenvalue weighted by molar-refractivity contribution is -0.873. The van der Waals surface area contributed by atoms with Crippen molar-refractivity contribution >= 4 is 11.9 Å². The number of aliphatic carboxylic acids is 1. The van der Waals surface area contributed by atoms with Gasteiger partial charge in [-0.25, -0.2) is 4.89 Å². The average Bonchev–Trinajstić information content (AvgIpc) is 2.74. The van der Waals surface area contributed by atoms with E-state index in [0.717, 1.165) is 44.9 Å². The van der Waals surface area contributed by atoms with Crippen molar-refractivity contribution in [3.8, 4) is 0 Å². The molecule has 2 unspecified atom stereocenters. The predicted octanol–water partition coefficient (Wildman–Crippen LogP) is 5.69. The first kappa shape index (κ1) is 31.8. The van der Waals surface area contributed by atoms with Crippen LogP contribution in [0.25, 0.3) is 0 Å². The van der Waals surface area contributed by atoms with Gasteiger partial charge in [0.15, 0.2) is 6.10 Å². The van der Waals surface area contributed by atoms with Gasteiger partial charge in [0.1, 0.15) is 12.6 Å². The molecule has 0 aromatic rings. The van der Waals surface area contributed by atoms with Gasteiger partial charge in [-0.3, -0.25) is 14.8 Å². The van der Waals surface area contributed by atoms with Gasteiger partial charge in [-0.1, -0.05) is 74.8 Å². The van der Waals surface area contributed by atoms with Crippen LogP contribution >= 0.6 is 0 Å². The van der Waals surface area contributed by atoms with E-state index < -0.39 is 12.1 Å². The molecule has 0 rings (SSSR count). The second-order valence-corrected chi connectivity index (χ2v) is 9.44. The Hall–Kier alpha value is -2.22. The number of hydrogen-bond donors (Lipinski definition) is 2. The number of carbonyl (C=O) groups excluding carboxylic acids is 1. The van der Waals surface area contributed by atoms with Gasteiger partial charge < -0.3 is 14.3 Å². The topological polar surface area (TPSA) is 93.1 Å². The van der Waals surface area contributed by atoms with Crippen molar-refractivity contribution in [2.24, 2.45) is 0 Å². The van der Waals surface area contributed by atoms with Crippen molar-refractivity contribution < 1.29 is 34.1 Å². The van der Waals surface area contributed by atoms with Gasteiger partial charge in [0, 0.05) is 6.42 Å². The number of allylic oxidation sites excluding steroid dienone is 7. The molecule has 0 fully saturated rings. The molecule has 2 N–H and O–H groups in total. The van der Waals surface area contributed by atoms with E-state index in [0.29, 0.717) is 17.4 Å². The predicted molar refractivity (Wildman–Crippen MR) is 136 cm³/mol. The van der Waals surface area contributed by atoms with Gasteiger partial charge in [0.05, 0.1) is 27.6 Å². The van der Waals surface area contributed by atoms with E-state index in [-0.39, 0.29) is 24.9 Å². The van der Waals surface area contributed by atoms with Gasteiger partial charge in [-0.05, 0) is 32.1 Å². The standard InChI is InChI=1S/C27H45NO6/c1-5-6-16-19-24(34-32)20-17-14-12-10-8-7-9-11-13-15-18-21-27(31)33-25(22-26(29)30)23-28(2,3)4/h7-8,11-14,17,20,24-25H,5-6,9-10,15-16,18-19,21-23H2,1-4H3,(H-,29,30,32)/p+1/b8-7+,13-11+,14-12+,20-17+. The molecule has 0 aromatic carbocycles. The fourth-order valence-corrected chi connectivity index (χ4v) is 3.25. The van der Waals surface area contributed by atoms with Crippen LogP contribution in [-0.4, -0.2) is 66.7 Å². The number of nitrogens with zero attached hydrogens (tertiary/aromatic N) is 1. The maximum atomic E-state index is 12.0. The molecule has 2 atom stereocenters. The van der Waals surface area contributed by atoms with Crippen molar-refractivity contribution in [1.29, 1.82) is 0 Å². The van der Waals surface area contributed by atoms with Crippen molar-refractivity contribution in [3.05, 3.63) is 48.6 Å². The summed E-state index contributed by atoms with van der Waals surface area (Å²) in [5.74, 6) is -1.30. The molecule has 0 saturated heterocycles. The number of carbonyl (C=O) groups is 2. The Kier molecular flexibility index (Phi) is 18.9. The van der Waals surface area contributed by atoms with Crippen LogP contribution in [0.1, 0.15) is 71.1 Å². The molecule has 194 valence electrons. The highest BCUT2D eigenvalue weighted by Gasteiger charge is 2.24.